The molecule has 0 fully saturated rings. The predicted octanol–water partition coefficient (Wildman–Crippen LogP) is 3.61. The lowest BCUT2D eigenvalue weighted by molar-refractivity contribution is 0.491. The van der Waals surface area contributed by atoms with Crippen LogP contribution in [0.3, 0.4) is 0 Å². The second-order valence-electron chi connectivity index (χ2n) is 4.83. The highest BCUT2D eigenvalue weighted by atomic mass is 79.9. The second-order valence-corrected chi connectivity index (χ2v) is 5.68. The molecule has 0 saturated carbocycles. The van der Waals surface area contributed by atoms with E-state index in [0.29, 0.717) is 0 Å². The molecule has 1 aromatic carbocycles. The molecule has 1 N–H and O–H groups in total. The zero-order valence-corrected chi connectivity index (χ0v) is 13.3. The summed E-state index contributed by atoms with van der Waals surface area (Å²) in [6.07, 6.45) is 3.56. The van der Waals surface area contributed by atoms with Gasteiger partial charge in [-0.05, 0) is 49.2 Å². The van der Waals surface area contributed by atoms with Gasteiger partial charge >= 0.3 is 0 Å². The lowest BCUT2D eigenvalue weighted by atomic mass is 10.0. The highest BCUT2D eigenvalue weighted by Gasteiger charge is 2.16. The van der Waals surface area contributed by atoms with Gasteiger partial charge in [0.05, 0.1) is 11.7 Å². The van der Waals surface area contributed by atoms with Gasteiger partial charge in [-0.15, -0.1) is 0 Å². The number of aromatic nitrogens is 2. The Morgan fingerprint density at radius 1 is 1.40 bits per heavy atom. The van der Waals surface area contributed by atoms with Crippen LogP contribution in [0.25, 0.3) is 0 Å². The molecule has 1 aromatic heterocycles. The van der Waals surface area contributed by atoms with Gasteiger partial charge in [-0.2, -0.15) is 5.10 Å². The molecule has 108 valence electrons. The molecule has 20 heavy (non-hydrogen) atoms. The molecule has 1 atom stereocenters. The van der Waals surface area contributed by atoms with Crippen LogP contribution < -0.4 is 5.32 Å². The van der Waals surface area contributed by atoms with E-state index in [0.717, 1.165) is 35.1 Å². The third-order valence-electron chi connectivity index (χ3n) is 3.29. The van der Waals surface area contributed by atoms with Crippen LogP contribution in [-0.4, -0.2) is 16.3 Å². The molecule has 0 amide bonds. The van der Waals surface area contributed by atoms with Crippen molar-refractivity contribution in [3.05, 3.63) is 52.0 Å². The van der Waals surface area contributed by atoms with Gasteiger partial charge in [-0.25, -0.2) is 4.39 Å². The van der Waals surface area contributed by atoms with E-state index >= 15 is 0 Å². The summed E-state index contributed by atoms with van der Waals surface area (Å²) in [6.45, 7) is 3.05. The molecule has 0 aliphatic heterocycles. The minimum absolute atomic E-state index is 0.126. The molecule has 0 aliphatic rings. The second kappa shape index (κ2) is 6.99. The molecule has 1 unspecified atom stereocenters. The van der Waals surface area contributed by atoms with Crippen molar-refractivity contribution in [1.29, 1.82) is 0 Å². The molecule has 0 saturated heterocycles. The normalized spacial score (nSPS) is 12.6. The van der Waals surface area contributed by atoms with E-state index in [4.69, 9.17) is 0 Å². The SMILES string of the molecule is CCCNC(Cc1cc(F)ccc1Br)c1ccnn1C. The summed E-state index contributed by atoms with van der Waals surface area (Å²) in [7, 11) is 1.93. The lowest BCUT2D eigenvalue weighted by Crippen LogP contribution is -2.26. The van der Waals surface area contributed by atoms with E-state index in [1.807, 2.05) is 17.8 Å². The molecular weight excluding hydrogens is 321 g/mol. The largest absolute Gasteiger partial charge is 0.308 e. The number of nitrogens with one attached hydrogen (secondary N) is 1. The van der Waals surface area contributed by atoms with Crippen molar-refractivity contribution in [2.45, 2.75) is 25.8 Å². The number of aryl methyl sites for hydroxylation is 1. The highest BCUT2D eigenvalue weighted by molar-refractivity contribution is 9.10. The van der Waals surface area contributed by atoms with Crippen LogP contribution in [0.5, 0.6) is 0 Å². The maximum absolute atomic E-state index is 13.4. The summed E-state index contributed by atoms with van der Waals surface area (Å²) >= 11 is 3.49. The van der Waals surface area contributed by atoms with Crippen LogP contribution in [0, 0.1) is 5.82 Å². The summed E-state index contributed by atoms with van der Waals surface area (Å²) in [5.41, 5.74) is 2.06. The van der Waals surface area contributed by atoms with E-state index in [2.05, 4.69) is 33.3 Å². The summed E-state index contributed by atoms with van der Waals surface area (Å²) in [5, 5.41) is 7.72. The van der Waals surface area contributed by atoms with Crippen molar-refractivity contribution in [1.82, 2.24) is 15.1 Å². The highest BCUT2D eigenvalue weighted by Crippen LogP contribution is 2.24. The van der Waals surface area contributed by atoms with Crippen molar-refractivity contribution >= 4 is 15.9 Å². The van der Waals surface area contributed by atoms with Crippen molar-refractivity contribution in [3.8, 4) is 0 Å². The van der Waals surface area contributed by atoms with Crippen LogP contribution in [0.1, 0.15) is 30.6 Å². The van der Waals surface area contributed by atoms with Crippen LogP contribution in [0.15, 0.2) is 34.9 Å². The van der Waals surface area contributed by atoms with Gasteiger partial charge < -0.3 is 5.32 Å². The fraction of sp³-hybridized carbons (Fsp3) is 0.400. The first-order valence-electron chi connectivity index (χ1n) is 6.77. The molecule has 0 aliphatic carbocycles. The standard InChI is InChI=1S/C15H19BrFN3/c1-3-7-18-14(15-6-8-19-20(15)2)10-11-9-12(17)4-5-13(11)16/h4-6,8-9,14,18H,3,7,10H2,1-2H3. The minimum atomic E-state index is -0.206. The maximum atomic E-state index is 13.4. The minimum Gasteiger partial charge on any atom is -0.308 e. The molecule has 1 heterocycles. The van der Waals surface area contributed by atoms with Gasteiger partial charge in [0.1, 0.15) is 5.82 Å². The van der Waals surface area contributed by atoms with Crippen LogP contribution in [0.4, 0.5) is 4.39 Å². The number of nitrogens with zero attached hydrogens (tertiary/aromatic N) is 2. The summed E-state index contributed by atoms with van der Waals surface area (Å²) in [5.74, 6) is -0.206. The molecule has 2 rings (SSSR count). The van der Waals surface area contributed by atoms with Gasteiger partial charge in [0.2, 0.25) is 0 Å². The molecular formula is C15H19BrFN3. The van der Waals surface area contributed by atoms with Crippen molar-refractivity contribution in [2.75, 3.05) is 6.54 Å². The van der Waals surface area contributed by atoms with Crippen LogP contribution >= 0.6 is 15.9 Å². The fourth-order valence-corrected chi connectivity index (χ4v) is 2.65. The quantitative estimate of drug-likeness (QED) is 0.871. The zero-order valence-electron chi connectivity index (χ0n) is 11.7. The van der Waals surface area contributed by atoms with E-state index in [-0.39, 0.29) is 11.9 Å². The van der Waals surface area contributed by atoms with Gasteiger partial charge in [0.25, 0.3) is 0 Å². The first kappa shape index (κ1) is 15.2. The zero-order chi connectivity index (χ0) is 14.5. The smallest absolute Gasteiger partial charge is 0.123 e. The number of rotatable bonds is 6. The van der Waals surface area contributed by atoms with Crippen molar-refractivity contribution in [2.24, 2.45) is 7.05 Å². The van der Waals surface area contributed by atoms with Gasteiger partial charge in [0, 0.05) is 17.7 Å². The molecule has 3 nitrogen and oxygen atoms in total. The molecule has 2 aromatic rings. The van der Waals surface area contributed by atoms with Crippen LogP contribution in [0.2, 0.25) is 0 Å². The van der Waals surface area contributed by atoms with Crippen molar-refractivity contribution in [3.63, 3.8) is 0 Å². The topological polar surface area (TPSA) is 29.9 Å². The Balaban J connectivity index is 2.23. The van der Waals surface area contributed by atoms with E-state index in [1.54, 1.807) is 18.3 Å². The maximum Gasteiger partial charge on any atom is 0.123 e. The summed E-state index contributed by atoms with van der Waals surface area (Å²) in [6, 6.07) is 6.93. The Kier molecular flexibility index (Phi) is 5.31. The number of hydrogen-bond donors (Lipinski definition) is 1. The third-order valence-corrected chi connectivity index (χ3v) is 4.06. The summed E-state index contributed by atoms with van der Waals surface area (Å²) < 4.78 is 16.2. The first-order chi connectivity index (χ1) is 9.61. The molecule has 0 spiro atoms. The summed E-state index contributed by atoms with van der Waals surface area (Å²) in [4.78, 5) is 0. The Morgan fingerprint density at radius 2 is 2.20 bits per heavy atom. The Hall–Kier alpha value is -1.20. The van der Waals surface area contributed by atoms with E-state index in [1.165, 1.54) is 6.07 Å². The number of hydrogen-bond acceptors (Lipinski definition) is 2. The van der Waals surface area contributed by atoms with Gasteiger partial charge in [-0.1, -0.05) is 22.9 Å². The fourth-order valence-electron chi connectivity index (χ4n) is 2.25. The monoisotopic (exact) mass is 339 g/mol. The number of halogens is 2. The van der Waals surface area contributed by atoms with Gasteiger partial charge in [-0.3, -0.25) is 4.68 Å². The Labute approximate surface area is 127 Å². The predicted molar refractivity (Wildman–Crippen MR) is 82.0 cm³/mol. The average molecular weight is 340 g/mol. The van der Waals surface area contributed by atoms with Crippen LogP contribution in [-0.2, 0) is 13.5 Å². The average Bonchev–Trinajstić information content (AvgIpc) is 2.84. The Morgan fingerprint density at radius 3 is 2.85 bits per heavy atom. The molecule has 5 heteroatoms. The first-order valence-corrected chi connectivity index (χ1v) is 7.56. The third kappa shape index (κ3) is 3.67. The molecule has 0 radical (unpaired) electrons. The van der Waals surface area contributed by atoms with E-state index < -0.39 is 0 Å². The van der Waals surface area contributed by atoms with Crippen molar-refractivity contribution < 1.29 is 4.39 Å². The van der Waals surface area contributed by atoms with E-state index in [9.17, 15) is 4.39 Å². The molecule has 0 bridgehead atoms. The lowest BCUT2D eigenvalue weighted by Gasteiger charge is -2.19. The number of benzene rings is 1. The Bertz CT molecular complexity index is 568. The van der Waals surface area contributed by atoms with Gasteiger partial charge in [0.15, 0.2) is 0 Å².